The van der Waals surface area contributed by atoms with E-state index < -0.39 is 28.4 Å². The number of hydrogen-bond donors (Lipinski definition) is 2. The molecule has 2 N–H and O–H groups in total. The fraction of sp³-hybridized carbons (Fsp3) is 0.542. The lowest BCUT2D eigenvalue weighted by molar-refractivity contribution is -0.384. The van der Waals surface area contributed by atoms with Crippen LogP contribution in [0.3, 0.4) is 0 Å². The first-order valence-electron chi connectivity index (χ1n) is 12.0. The number of non-ortho nitro benzene ring substituents is 1. The van der Waals surface area contributed by atoms with E-state index in [-0.39, 0.29) is 60.6 Å². The zero-order valence-corrected chi connectivity index (χ0v) is 21.1. The number of nitro groups is 1. The number of amides is 5. The van der Waals surface area contributed by atoms with E-state index in [4.69, 9.17) is 4.74 Å². The number of likely N-dealkylation sites (tertiary alicyclic amines) is 1. The highest BCUT2D eigenvalue weighted by molar-refractivity contribution is 6.21. The van der Waals surface area contributed by atoms with E-state index in [0.29, 0.717) is 25.9 Å². The highest BCUT2D eigenvalue weighted by Crippen LogP contribution is 2.27. The van der Waals surface area contributed by atoms with E-state index in [2.05, 4.69) is 10.6 Å². The number of benzene rings is 1. The average molecular weight is 518 g/mol. The quantitative estimate of drug-likeness (QED) is 0.298. The number of fused-ring (bicyclic) bond motifs is 1. The fourth-order valence-corrected chi connectivity index (χ4v) is 4.14. The van der Waals surface area contributed by atoms with Gasteiger partial charge in [-0.05, 0) is 46.1 Å². The molecule has 0 saturated carbocycles. The molecular formula is C24H31N5O8. The topological polar surface area (TPSA) is 168 Å². The Bertz CT molecular complexity index is 1100. The molecule has 0 aromatic heterocycles. The molecule has 13 nitrogen and oxygen atoms in total. The molecule has 0 spiro atoms. The molecule has 0 radical (unpaired) electrons. The van der Waals surface area contributed by atoms with Gasteiger partial charge in [0, 0.05) is 44.2 Å². The number of hydrogen-bond acceptors (Lipinski definition) is 8. The molecule has 1 aromatic carbocycles. The van der Waals surface area contributed by atoms with Crippen LogP contribution in [-0.2, 0) is 14.3 Å². The van der Waals surface area contributed by atoms with Crippen LogP contribution < -0.4 is 10.6 Å². The number of nitro benzene ring substituents is 1. The van der Waals surface area contributed by atoms with Crippen molar-refractivity contribution in [1.29, 1.82) is 0 Å². The molecule has 0 atom stereocenters. The van der Waals surface area contributed by atoms with Crippen molar-refractivity contribution in [3.05, 3.63) is 39.4 Å². The number of imide groups is 1. The van der Waals surface area contributed by atoms with Crippen molar-refractivity contribution in [1.82, 2.24) is 20.4 Å². The third-order valence-corrected chi connectivity index (χ3v) is 5.95. The van der Waals surface area contributed by atoms with Crippen molar-refractivity contribution >= 4 is 35.4 Å². The molecule has 200 valence electrons. The third kappa shape index (κ3) is 7.24. The second-order valence-electron chi connectivity index (χ2n) is 9.93. The van der Waals surface area contributed by atoms with Crippen LogP contribution in [0.2, 0.25) is 0 Å². The summed E-state index contributed by atoms with van der Waals surface area (Å²) in [5.41, 5.74) is -0.820. The van der Waals surface area contributed by atoms with Crippen LogP contribution in [0.25, 0.3) is 0 Å². The minimum absolute atomic E-state index is 0.00810. The molecule has 0 bridgehead atoms. The molecule has 2 heterocycles. The van der Waals surface area contributed by atoms with E-state index in [1.165, 1.54) is 12.1 Å². The molecule has 2 aliphatic rings. The Labute approximate surface area is 213 Å². The summed E-state index contributed by atoms with van der Waals surface area (Å²) in [6, 6.07) is 3.42. The van der Waals surface area contributed by atoms with Gasteiger partial charge in [0.25, 0.3) is 17.5 Å². The van der Waals surface area contributed by atoms with Gasteiger partial charge in [0.1, 0.15) is 12.1 Å². The summed E-state index contributed by atoms with van der Waals surface area (Å²) in [5, 5.41) is 16.3. The number of nitrogens with zero attached hydrogens (tertiary/aromatic N) is 3. The molecule has 2 aliphatic heterocycles. The average Bonchev–Trinajstić information content (AvgIpc) is 3.06. The predicted molar refractivity (Wildman–Crippen MR) is 130 cm³/mol. The lowest BCUT2D eigenvalue weighted by Crippen LogP contribution is -2.49. The van der Waals surface area contributed by atoms with E-state index in [1.54, 1.807) is 25.7 Å². The van der Waals surface area contributed by atoms with E-state index in [9.17, 15) is 34.1 Å². The highest BCUT2D eigenvalue weighted by atomic mass is 16.6. The molecule has 13 heteroatoms. The Morgan fingerprint density at radius 3 is 2.38 bits per heavy atom. The van der Waals surface area contributed by atoms with Gasteiger partial charge in [0.15, 0.2) is 0 Å². The van der Waals surface area contributed by atoms with Gasteiger partial charge in [-0.15, -0.1) is 0 Å². The van der Waals surface area contributed by atoms with Gasteiger partial charge in [0.05, 0.1) is 16.1 Å². The number of rotatable bonds is 8. The Hall–Kier alpha value is -4.03. The van der Waals surface area contributed by atoms with Gasteiger partial charge in [-0.2, -0.15) is 0 Å². The van der Waals surface area contributed by atoms with Crippen molar-refractivity contribution in [3.8, 4) is 0 Å². The molecule has 37 heavy (non-hydrogen) atoms. The molecule has 1 saturated heterocycles. The van der Waals surface area contributed by atoms with Crippen LogP contribution in [0.5, 0.6) is 0 Å². The Balaban J connectivity index is 1.37. The lowest BCUT2D eigenvalue weighted by Gasteiger charge is -2.32. The lowest BCUT2D eigenvalue weighted by atomic mass is 10.0. The maximum absolute atomic E-state index is 12.5. The maximum Gasteiger partial charge on any atom is 0.408 e. The van der Waals surface area contributed by atoms with Crippen molar-refractivity contribution in [2.75, 3.05) is 26.2 Å². The Morgan fingerprint density at radius 1 is 1.11 bits per heavy atom. The van der Waals surface area contributed by atoms with Gasteiger partial charge >= 0.3 is 6.09 Å². The zero-order chi connectivity index (χ0) is 27.3. The number of carbonyl (C=O) groups is 5. The number of piperidine rings is 1. The van der Waals surface area contributed by atoms with E-state index >= 15 is 0 Å². The first-order chi connectivity index (χ1) is 17.4. The largest absolute Gasteiger partial charge is 0.444 e. The van der Waals surface area contributed by atoms with Crippen LogP contribution in [0.4, 0.5) is 10.5 Å². The summed E-state index contributed by atoms with van der Waals surface area (Å²) in [6.07, 6.45) is 0.785. The monoisotopic (exact) mass is 517 g/mol. The third-order valence-electron chi connectivity index (χ3n) is 5.95. The summed E-state index contributed by atoms with van der Waals surface area (Å²) in [4.78, 5) is 74.3. The number of ether oxygens (including phenoxy) is 1. The maximum atomic E-state index is 12.5. The van der Waals surface area contributed by atoms with Crippen LogP contribution in [-0.4, -0.2) is 82.3 Å². The van der Waals surface area contributed by atoms with E-state index in [0.717, 1.165) is 11.0 Å². The summed E-state index contributed by atoms with van der Waals surface area (Å²) in [5.74, 6) is -1.61. The van der Waals surface area contributed by atoms with Crippen LogP contribution >= 0.6 is 0 Å². The highest BCUT2D eigenvalue weighted by Gasteiger charge is 2.36. The van der Waals surface area contributed by atoms with Gasteiger partial charge < -0.3 is 20.3 Å². The Morgan fingerprint density at radius 2 is 1.76 bits per heavy atom. The normalized spacial score (nSPS) is 15.9. The van der Waals surface area contributed by atoms with E-state index in [1.807, 2.05) is 0 Å². The fourth-order valence-electron chi connectivity index (χ4n) is 4.14. The van der Waals surface area contributed by atoms with Crippen molar-refractivity contribution in [2.45, 2.75) is 58.1 Å². The molecule has 3 rings (SSSR count). The van der Waals surface area contributed by atoms with Crippen LogP contribution in [0.1, 0.15) is 67.2 Å². The number of nitrogens with one attached hydrogen (secondary N) is 2. The molecule has 0 aliphatic carbocycles. The van der Waals surface area contributed by atoms with Crippen molar-refractivity contribution < 1.29 is 33.6 Å². The Kier molecular flexibility index (Phi) is 8.46. The van der Waals surface area contributed by atoms with Crippen molar-refractivity contribution in [2.24, 2.45) is 0 Å². The van der Waals surface area contributed by atoms with Crippen LogP contribution in [0.15, 0.2) is 18.2 Å². The zero-order valence-electron chi connectivity index (χ0n) is 21.1. The summed E-state index contributed by atoms with van der Waals surface area (Å²) < 4.78 is 5.11. The number of carbonyl (C=O) groups excluding carboxylic acids is 5. The SMILES string of the molecule is CC(C)(C)OC(=O)NCC(=O)N1CCC(NC(=O)CCCN2C(=O)c3ccc([N+](=O)[O-])cc3C2=O)CC1. The standard InChI is InChI=1S/C24H31N5O8/c1-24(2,3)37-23(34)25-14-20(31)27-11-8-15(9-12-27)26-19(30)5-4-10-28-21(32)17-7-6-16(29(35)36)13-18(17)22(28)33/h6-7,13,15H,4-5,8-12,14H2,1-3H3,(H,25,34)(H,26,30). The molecule has 1 fully saturated rings. The second kappa shape index (κ2) is 11.4. The van der Waals surface area contributed by atoms with Gasteiger partial charge in [0.2, 0.25) is 11.8 Å². The second-order valence-corrected chi connectivity index (χ2v) is 9.93. The minimum Gasteiger partial charge on any atom is -0.444 e. The minimum atomic E-state index is -0.662. The van der Waals surface area contributed by atoms with Gasteiger partial charge in [-0.1, -0.05) is 0 Å². The van der Waals surface area contributed by atoms with Gasteiger partial charge in [-0.25, -0.2) is 4.79 Å². The van der Waals surface area contributed by atoms with Crippen LogP contribution in [0, 0.1) is 10.1 Å². The summed E-state index contributed by atoms with van der Waals surface area (Å²) >= 11 is 0. The predicted octanol–water partition coefficient (Wildman–Crippen LogP) is 1.60. The molecule has 5 amide bonds. The smallest absolute Gasteiger partial charge is 0.408 e. The summed E-state index contributed by atoms with van der Waals surface area (Å²) in [6.45, 7) is 5.90. The van der Waals surface area contributed by atoms with Crippen molar-refractivity contribution in [3.63, 3.8) is 0 Å². The molecule has 0 unspecified atom stereocenters. The van der Waals surface area contributed by atoms with Gasteiger partial charge in [-0.3, -0.25) is 34.2 Å². The number of alkyl carbamates (subject to hydrolysis) is 1. The first kappa shape index (κ1) is 27.6. The summed E-state index contributed by atoms with van der Waals surface area (Å²) in [7, 11) is 0. The first-order valence-corrected chi connectivity index (χ1v) is 12.0. The molecule has 1 aromatic rings. The molecular weight excluding hydrogens is 486 g/mol.